The molecule has 1 aliphatic rings. The first kappa shape index (κ1) is 8.51. The zero-order valence-corrected chi connectivity index (χ0v) is 7.26. The van der Waals surface area contributed by atoms with Crippen LogP contribution in [0.25, 0.3) is 0 Å². The fourth-order valence-corrected chi connectivity index (χ4v) is 1.72. The topological polar surface area (TPSA) is 32.3 Å². The zero-order chi connectivity index (χ0) is 9.26. The molecule has 3 heteroatoms. The van der Waals surface area contributed by atoms with Crippen molar-refractivity contribution in [2.75, 3.05) is 6.54 Å². The summed E-state index contributed by atoms with van der Waals surface area (Å²) in [6, 6.07) is 4.81. The Morgan fingerprint density at radius 1 is 1.46 bits per heavy atom. The molecular formula is C10H12FNO. The van der Waals surface area contributed by atoms with Crippen LogP contribution in [0.1, 0.15) is 24.4 Å². The highest BCUT2D eigenvalue weighted by molar-refractivity contribution is 5.31. The maximum Gasteiger partial charge on any atom is 0.164 e. The average molecular weight is 181 g/mol. The number of phenols is 1. The van der Waals surface area contributed by atoms with Crippen molar-refractivity contribution in [3.63, 3.8) is 0 Å². The van der Waals surface area contributed by atoms with Gasteiger partial charge in [0.1, 0.15) is 0 Å². The molecule has 2 rings (SSSR count). The summed E-state index contributed by atoms with van der Waals surface area (Å²) in [5.41, 5.74) is 0.969. The Kier molecular flexibility index (Phi) is 2.19. The molecule has 0 saturated carbocycles. The molecule has 0 unspecified atom stereocenters. The number of benzene rings is 1. The van der Waals surface area contributed by atoms with Gasteiger partial charge in [0.05, 0.1) is 0 Å². The maximum atomic E-state index is 12.7. The molecule has 1 aromatic carbocycles. The van der Waals surface area contributed by atoms with Crippen LogP contribution in [0.4, 0.5) is 4.39 Å². The molecule has 1 fully saturated rings. The molecule has 2 N–H and O–H groups in total. The lowest BCUT2D eigenvalue weighted by Gasteiger charge is -2.10. The quantitative estimate of drug-likeness (QED) is 0.694. The Morgan fingerprint density at radius 3 is 2.92 bits per heavy atom. The number of nitrogens with one attached hydrogen (secondary N) is 1. The summed E-state index contributed by atoms with van der Waals surface area (Å²) in [6.45, 7) is 1.00. The summed E-state index contributed by atoms with van der Waals surface area (Å²) < 4.78 is 12.7. The fraction of sp³-hybridized carbons (Fsp3) is 0.400. The minimum Gasteiger partial charge on any atom is -0.505 e. The lowest BCUT2D eigenvalue weighted by atomic mass is 10.1. The van der Waals surface area contributed by atoms with Crippen LogP contribution in [0.15, 0.2) is 18.2 Å². The van der Waals surface area contributed by atoms with Crippen molar-refractivity contribution in [2.45, 2.75) is 18.9 Å². The van der Waals surface area contributed by atoms with E-state index in [2.05, 4.69) is 5.32 Å². The minimum atomic E-state index is -0.554. The Balaban J connectivity index is 2.25. The number of halogens is 1. The molecule has 70 valence electrons. The number of hydrogen-bond donors (Lipinski definition) is 2. The molecule has 1 atom stereocenters. The largest absolute Gasteiger partial charge is 0.505 e. The summed E-state index contributed by atoms with van der Waals surface area (Å²) in [5, 5.41) is 12.4. The van der Waals surface area contributed by atoms with Gasteiger partial charge in [0.15, 0.2) is 11.6 Å². The molecule has 0 bridgehead atoms. The van der Waals surface area contributed by atoms with Gasteiger partial charge in [0.25, 0.3) is 0 Å². The van der Waals surface area contributed by atoms with Crippen LogP contribution in [0.3, 0.4) is 0 Å². The molecule has 0 radical (unpaired) electrons. The molecule has 1 saturated heterocycles. The molecule has 1 heterocycles. The van der Waals surface area contributed by atoms with Crippen LogP contribution in [0.5, 0.6) is 5.75 Å². The highest BCUT2D eigenvalue weighted by Gasteiger charge is 2.16. The van der Waals surface area contributed by atoms with Gasteiger partial charge in [-0.2, -0.15) is 0 Å². The lowest BCUT2D eigenvalue weighted by Crippen LogP contribution is -2.12. The predicted molar refractivity (Wildman–Crippen MR) is 48.0 cm³/mol. The van der Waals surface area contributed by atoms with E-state index in [9.17, 15) is 4.39 Å². The monoisotopic (exact) mass is 181 g/mol. The molecule has 0 amide bonds. The third kappa shape index (κ3) is 1.65. The molecule has 0 spiro atoms. The van der Waals surface area contributed by atoms with Crippen molar-refractivity contribution in [1.82, 2.24) is 5.32 Å². The van der Waals surface area contributed by atoms with Gasteiger partial charge in [-0.3, -0.25) is 0 Å². The molecular weight excluding hydrogens is 169 g/mol. The van der Waals surface area contributed by atoms with Gasteiger partial charge in [-0.15, -0.1) is 0 Å². The number of rotatable bonds is 1. The molecule has 2 nitrogen and oxygen atoms in total. The van der Waals surface area contributed by atoms with Crippen molar-refractivity contribution >= 4 is 0 Å². The van der Waals surface area contributed by atoms with Gasteiger partial charge in [-0.25, -0.2) is 4.39 Å². The minimum absolute atomic E-state index is 0.258. The Morgan fingerprint density at radius 2 is 2.31 bits per heavy atom. The molecule has 13 heavy (non-hydrogen) atoms. The van der Waals surface area contributed by atoms with E-state index in [0.29, 0.717) is 0 Å². The van der Waals surface area contributed by atoms with Crippen LogP contribution in [-0.2, 0) is 0 Å². The smallest absolute Gasteiger partial charge is 0.164 e. The zero-order valence-electron chi connectivity index (χ0n) is 7.26. The molecule has 1 aromatic rings. The Hall–Kier alpha value is -1.09. The average Bonchev–Trinajstić information content (AvgIpc) is 2.62. The highest BCUT2D eigenvalue weighted by Crippen LogP contribution is 2.26. The second-order valence-electron chi connectivity index (χ2n) is 3.36. The summed E-state index contributed by atoms with van der Waals surface area (Å²) in [5.74, 6) is -0.812. The van der Waals surface area contributed by atoms with Crippen molar-refractivity contribution < 1.29 is 9.50 Å². The van der Waals surface area contributed by atoms with Gasteiger partial charge in [-0.05, 0) is 37.1 Å². The fourth-order valence-electron chi connectivity index (χ4n) is 1.72. The van der Waals surface area contributed by atoms with E-state index in [0.717, 1.165) is 24.9 Å². The second kappa shape index (κ2) is 3.34. The molecule has 0 aliphatic carbocycles. The summed E-state index contributed by atoms with van der Waals surface area (Å²) in [4.78, 5) is 0. The summed E-state index contributed by atoms with van der Waals surface area (Å²) >= 11 is 0. The first-order chi connectivity index (χ1) is 6.27. The standard InChI is InChI=1S/C10H12FNO/c11-8-4-3-7(6-10(8)13)9-2-1-5-12-9/h3-4,6,9,12-13H,1-2,5H2/t9-/m1/s1. The van der Waals surface area contributed by atoms with E-state index in [-0.39, 0.29) is 11.8 Å². The van der Waals surface area contributed by atoms with Crippen LogP contribution in [0, 0.1) is 5.82 Å². The van der Waals surface area contributed by atoms with Gasteiger partial charge in [0, 0.05) is 6.04 Å². The van der Waals surface area contributed by atoms with Crippen molar-refractivity contribution in [3.8, 4) is 5.75 Å². The van der Waals surface area contributed by atoms with E-state index in [4.69, 9.17) is 5.11 Å². The summed E-state index contributed by atoms with van der Waals surface area (Å²) in [7, 11) is 0. The Bertz CT molecular complexity index is 308. The number of phenolic OH excluding ortho intramolecular Hbond substituents is 1. The highest BCUT2D eigenvalue weighted by atomic mass is 19.1. The molecule has 0 aromatic heterocycles. The molecule has 1 aliphatic heterocycles. The predicted octanol–water partition coefficient (Wildman–Crippen LogP) is 1.96. The van der Waals surface area contributed by atoms with Crippen LogP contribution >= 0.6 is 0 Å². The van der Waals surface area contributed by atoms with Crippen LogP contribution in [-0.4, -0.2) is 11.7 Å². The normalized spacial score (nSPS) is 22.1. The van der Waals surface area contributed by atoms with Crippen LogP contribution < -0.4 is 5.32 Å². The van der Waals surface area contributed by atoms with Gasteiger partial charge >= 0.3 is 0 Å². The van der Waals surface area contributed by atoms with Crippen molar-refractivity contribution in [1.29, 1.82) is 0 Å². The third-order valence-corrected chi connectivity index (χ3v) is 2.43. The summed E-state index contributed by atoms with van der Waals surface area (Å²) in [6.07, 6.45) is 2.20. The van der Waals surface area contributed by atoms with Gasteiger partial charge < -0.3 is 10.4 Å². The first-order valence-corrected chi connectivity index (χ1v) is 4.49. The van der Waals surface area contributed by atoms with Crippen molar-refractivity contribution in [3.05, 3.63) is 29.6 Å². The van der Waals surface area contributed by atoms with E-state index in [1.807, 2.05) is 0 Å². The SMILES string of the molecule is Oc1cc([C@H]2CCCN2)ccc1F. The number of hydrogen-bond acceptors (Lipinski definition) is 2. The first-order valence-electron chi connectivity index (χ1n) is 4.49. The van der Waals surface area contributed by atoms with E-state index in [1.165, 1.54) is 12.1 Å². The third-order valence-electron chi connectivity index (χ3n) is 2.43. The van der Waals surface area contributed by atoms with Gasteiger partial charge in [0.2, 0.25) is 0 Å². The van der Waals surface area contributed by atoms with Crippen molar-refractivity contribution in [2.24, 2.45) is 0 Å². The second-order valence-corrected chi connectivity index (χ2v) is 3.36. The van der Waals surface area contributed by atoms with E-state index < -0.39 is 5.82 Å². The van der Waals surface area contributed by atoms with Crippen LogP contribution in [0.2, 0.25) is 0 Å². The van der Waals surface area contributed by atoms with E-state index >= 15 is 0 Å². The van der Waals surface area contributed by atoms with Gasteiger partial charge in [-0.1, -0.05) is 6.07 Å². The van der Waals surface area contributed by atoms with E-state index in [1.54, 1.807) is 6.07 Å². The maximum absolute atomic E-state index is 12.7. The lowest BCUT2D eigenvalue weighted by molar-refractivity contribution is 0.430. The number of aromatic hydroxyl groups is 1. The Labute approximate surface area is 76.4 Å².